The van der Waals surface area contributed by atoms with Crippen molar-refractivity contribution in [1.29, 1.82) is 0 Å². The van der Waals surface area contributed by atoms with Crippen molar-refractivity contribution in [2.45, 2.75) is 0 Å². The Morgan fingerprint density at radius 1 is 0.812 bits per heavy atom. The summed E-state index contributed by atoms with van der Waals surface area (Å²) in [6, 6.07) is 12.4. The summed E-state index contributed by atoms with van der Waals surface area (Å²) in [4.78, 5) is 35.4. The molecule has 0 saturated heterocycles. The summed E-state index contributed by atoms with van der Waals surface area (Å²) in [5.74, 6) is -1.11. The van der Waals surface area contributed by atoms with Crippen molar-refractivity contribution < 1.29 is 29.0 Å². The van der Waals surface area contributed by atoms with E-state index in [0.29, 0.717) is 23.9 Å². The molecule has 11 nitrogen and oxygen atoms in total. The van der Waals surface area contributed by atoms with Crippen LogP contribution in [0.5, 0.6) is 0 Å². The maximum atomic E-state index is 11.1. The number of carboxylic acid groups (broad SMARTS) is 2. The van der Waals surface area contributed by atoms with E-state index < -0.39 is 11.9 Å². The van der Waals surface area contributed by atoms with Gasteiger partial charge in [0.05, 0.1) is 11.1 Å². The molecule has 3 aromatic rings. The molecule has 1 aliphatic rings. The minimum Gasteiger partial charge on any atom is -0.478 e. The van der Waals surface area contributed by atoms with Crippen LogP contribution in [-0.2, 0) is 0 Å². The fourth-order valence-corrected chi connectivity index (χ4v) is 2.92. The molecule has 0 atom stereocenters. The van der Waals surface area contributed by atoms with Crippen LogP contribution >= 0.6 is 0 Å². The molecule has 0 aliphatic carbocycles. The fourth-order valence-electron chi connectivity index (χ4n) is 2.92. The maximum absolute atomic E-state index is 11.1. The highest BCUT2D eigenvalue weighted by Crippen LogP contribution is 2.20. The largest absolute Gasteiger partial charge is 0.478 e. The number of nitrogens with zero attached hydrogens (tertiary/aromatic N) is 5. The number of carbonyl (C=O) groups is 2. The van der Waals surface area contributed by atoms with Crippen LogP contribution in [0.2, 0.25) is 0 Å². The lowest BCUT2D eigenvalue weighted by atomic mass is 10.2. The molecule has 0 bridgehead atoms. The normalized spacial score (nSPS) is 12.7. The summed E-state index contributed by atoms with van der Waals surface area (Å²) in [7, 11) is 1.90. The van der Waals surface area contributed by atoms with E-state index in [0.717, 1.165) is 0 Å². The van der Waals surface area contributed by atoms with E-state index in [1.807, 2.05) is 28.8 Å². The molecule has 0 saturated carbocycles. The summed E-state index contributed by atoms with van der Waals surface area (Å²) in [5, 5.41) is 24.2. The highest BCUT2D eigenvalue weighted by atomic mass is 16.4. The second-order valence-corrected chi connectivity index (χ2v) is 6.91. The van der Waals surface area contributed by atoms with Crippen molar-refractivity contribution in [2.75, 3.05) is 24.2 Å². The third kappa shape index (κ3) is 4.73. The third-order valence-corrected chi connectivity index (χ3v) is 4.54. The molecule has 32 heavy (non-hydrogen) atoms. The van der Waals surface area contributed by atoms with Crippen molar-refractivity contribution in [2.24, 2.45) is 0 Å². The monoisotopic (exact) mass is 433 g/mol. The van der Waals surface area contributed by atoms with Gasteiger partial charge in [-0.15, -0.1) is 14.5 Å². The van der Waals surface area contributed by atoms with Crippen LogP contribution in [-0.4, -0.2) is 72.4 Å². The molecule has 0 unspecified atom stereocenters. The lowest BCUT2D eigenvalue weighted by Crippen LogP contribution is -2.12. The summed E-state index contributed by atoms with van der Waals surface area (Å²) in [6.45, 7) is 0.583. The van der Waals surface area contributed by atoms with Gasteiger partial charge in [0.1, 0.15) is 7.05 Å². The predicted octanol–water partition coefficient (Wildman–Crippen LogP) is 2.15. The predicted molar refractivity (Wildman–Crippen MR) is 116 cm³/mol. The molecular formula is C21H19N7O4+2. The Hall–Kier alpha value is -4.67. The van der Waals surface area contributed by atoms with Crippen LogP contribution in [0, 0.1) is 0 Å². The molecule has 2 aromatic carbocycles. The Kier molecular flexibility index (Phi) is 5.53. The average Bonchev–Trinajstić information content (AvgIpc) is 3.21. The van der Waals surface area contributed by atoms with E-state index in [1.165, 1.54) is 24.3 Å². The first-order valence-electron chi connectivity index (χ1n) is 9.51. The zero-order valence-corrected chi connectivity index (χ0v) is 16.9. The summed E-state index contributed by atoms with van der Waals surface area (Å²) < 4.78 is 3.72. The number of aromatic carboxylic acids is 2. The molecular weight excluding hydrogens is 414 g/mol. The fraction of sp³-hybridized carbons (Fsp3) is 0.0952. The van der Waals surface area contributed by atoms with Gasteiger partial charge in [0.25, 0.3) is 0 Å². The average molecular weight is 433 g/mol. The zero-order chi connectivity index (χ0) is 22.7. The van der Waals surface area contributed by atoms with Gasteiger partial charge in [0, 0.05) is 11.4 Å². The van der Waals surface area contributed by atoms with Gasteiger partial charge in [-0.3, -0.25) is 0 Å². The molecule has 160 valence electrons. The van der Waals surface area contributed by atoms with Crippen molar-refractivity contribution in [3.63, 3.8) is 0 Å². The Labute approximate surface area is 182 Å². The Bertz CT molecular complexity index is 1170. The standard InChI is InChI=1S/C21H17N7O4/c1-27-10-11-28(12-27)21-25-19(22-15-6-2-13(3-7-15)17(29)30)24-20(26-21)23-16-8-4-14(5-9-16)18(31)32/h2-10,12H,11H2,1H3,(H2-2,22,23,24,25,26,29,30,31,32)/p+2. The number of hydrogen-bond acceptors (Lipinski definition) is 7. The van der Waals surface area contributed by atoms with Gasteiger partial charge >= 0.3 is 24.2 Å². The smallest absolute Gasteiger partial charge is 0.417 e. The molecule has 1 aliphatic heterocycles. The van der Waals surface area contributed by atoms with E-state index >= 15 is 0 Å². The van der Waals surface area contributed by atoms with Crippen LogP contribution in [0.15, 0.2) is 48.5 Å². The van der Waals surface area contributed by atoms with Gasteiger partial charge in [0.15, 0.2) is 0 Å². The zero-order valence-electron chi connectivity index (χ0n) is 16.9. The number of anilines is 4. The van der Waals surface area contributed by atoms with Gasteiger partial charge in [-0.05, 0) is 48.5 Å². The number of carboxylic acids is 2. The van der Waals surface area contributed by atoms with Crippen LogP contribution in [0.4, 0.5) is 29.2 Å². The second kappa shape index (κ2) is 8.60. The lowest BCUT2D eigenvalue weighted by molar-refractivity contribution is -0.465. The number of nitrogens with one attached hydrogen (secondary N) is 2. The first-order chi connectivity index (χ1) is 15.4. The van der Waals surface area contributed by atoms with Crippen molar-refractivity contribution >= 4 is 53.7 Å². The molecule has 1 aromatic heterocycles. The number of rotatable bonds is 7. The van der Waals surface area contributed by atoms with Crippen molar-refractivity contribution in [3.05, 3.63) is 59.7 Å². The Balaban J connectivity index is 1.64. The Morgan fingerprint density at radius 3 is 1.66 bits per heavy atom. The highest BCUT2D eigenvalue weighted by molar-refractivity contribution is 5.88. The van der Waals surface area contributed by atoms with Gasteiger partial charge in [0.2, 0.25) is 24.7 Å². The summed E-state index contributed by atoms with van der Waals surface area (Å²) in [5.41, 5.74) is 1.56. The van der Waals surface area contributed by atoms with E-state index in [2.05, 4.69) is 25.6 Å². The first-order valence-corrected chi connectivity index (χ1v) is 9.51. The van der Waals surface area contributed by atoms with E-state index in [1.54, 1.807) is 24.3 Å². The quantitative estimate of drug-likeness (QED) is 0.412. The highest BCUT2D eigenvalue weighted by Gasteiger charge is 2.24. The molecule has 4 rings (SSSR count). The van der Waals surface area contributed by atoms with E-state index in [-0.39, 0.29) is 23.0 Å². The van der Waals surface area contributed by atoms with Gasteiger partial charge in [-0.1, -0.05) is 4.58 Å². The summed E-state index contributed by atoms with van der Waals surface area (Å²) in [6.07, 6.45) is 3.80. The molecule has 2 heterocycles. The van der Waals surface area contributed by atoms with Crippen LogP contribution in [0.3, 0.4) is 0 Å². The molecule has 4 N–H and O–H groups in total. The minimum absolute atomic E-state index is 0.171. The molecule has 11 heteroatoms. The van der Waals surface area contributed by atoms with Gasteiger partial charge in [-0.2, -0.15) is 4.98 Å². The number of benzene rings is 2. The first kappa shape index (κ1) is 20.6. The van der Waals surface area contributed by atoms with E-state index in [9.17, 15) is 9.59 Å². The topological polar surface area (TPSA) is 143 Å². The number of hydrogen-bond donors (Lipinski definition) is 4. The van der Waals surface area contributed by atoms with Crippen LogP contribution in [0.1, 0.15) is 20.7 Å². The number of aromatic nitrogens is 3. The molecule has 0 fully saturated rings. The maximum Gasteiger partial charge on any atom is 0.417 e. The molecule has 0 radical (unpaired) electrons. The lowest BCUT2D eigenvalue weighted by Gasteiger charge is -2.09. The minimum atomic E-state index is -1.01. The van der Waals surface area contributed by atoms with Crippen LogP contribution < -0.4 is 10.6 Å². The molecule has 0 amide bonds. The third-order valence-electron chi connectivity index (χ3n) is 4.54. The van der Waals surface area contributed by atoms with Gasteiger partial charge < -0.3 is 20.8 Å². The second-order valence-electron chi connectivity index (χ2n) is 6.91. The SMILES string of the molecule is C[N+]1=CC[N+](c2nc(Nc3ccc(C(=O)O)cc3)nc(Nc3ccc(C(=O)O)cc3)n2)=C1. The van der Waals surface area contributed by atoms with Gasteiger partial charge in [-0.25, -0.2) is 9.59 Å². The Morgan fingerprint density at radius 2 is 1.28 bits per heavy atom. The van der Waals surface area contributed by atoms with Crippen LogP contribution in [0.25, 0.3) is 0 Å². The van der Waals surface area contributed by atoms with Crippen molar-refractivity contribution in [3.8, 4) is 0 Å². The molecule has 0 spiro atoms. The summed E-state index contributed by atoms with van der Waals surface area (Å²) >= 11 is 0. The van der Waals surface area contributed by atoms with E-state index in [4.69, 9.17) is 10.2 Å². The van der Waals surface area contributed by atoms with Crippen molar-refractivity contribution in [1.82, 2.24) is 15.0 Å².